The molecule has 0 bridgehead atoms. The Hall–Kier alpha value is -4.07. The van der Waals surface area contributed by atoms with Gasteiger partial charge in [-0.3, -0.25) is 4.68 Å². The summed E-state index contributed by atoms with van der Waals surface area (Å²) in [5.41, 5.74) is 4.73. The van der Waals surface area contributed by atoms with E-state index in [0.717, 1.165) is 16.7 Å². The van der Waals surface area contributed by atoms with Crippen molar-refractivity contribution < 1.29 is 19.2 Å². The molecular weight excluding hydrogens is 537 g/mol. The van der Waals surface area contributed by atoms with E-state index in [-0.39, 0.29) is 18.1 Å². The number of carboxylic acid groups (broad SMARTS) is 1. The molecule has 0 fully saturated rings. The van der Waals surface area contributed by atoms with Crippen LogP contribution in [0.5, 0.6) is 5.88 Å². The van der Waals surface area contributed by atoms with Gasteiger partial charge in [-0.05, 0) is 34.9 Å². The number of hydrogen-bond acceptors (Lipinski definition) is 5. The van der Waals surface area contributed by atoms with E-state index < -0.39 is 5.97 Å². The van der Waals surface area contributed by atoms with Gasteiger partial charge in [0.1, 0.15) is 18.1 Å². The zero-order chi connectivity index (χ0) is 27.5. The van der Waals surface area contributed by atoms with Gasteiger partial charge in [0.25, 0.3) is 0 Å². The Morgan fingerprint density at radius 2 is 1.72 bits per heavy atom. The lowest BCUT2D eigenvalue weighted by Gasteiger charge is -2.09. The maximum atomic E-state index is 11.6. The van der Waals surface area contributed by atoms with Gasteiger partial charge in [0.05, 0.1) is 27.7 Å². The molecule has 0 radical (unpaired) electrons. The normalized spacial score (nSPS) is 11.2. The van der Waals surface area contributed by atoms with Crippen molar-refractivity contribution in [3.63, 3.8) is 0 Å². The average Bonchev–Trinajstić information content (AvgIpc) is 3.55. The smallest absolute Gasteiger partial charge is 0.336 e. The van der Waals surface area contributed by atoms with Gasteiger partial charge in [-0.25, -0.2) is 4.79 Å². The maximum absolute atomic E-state index is 11.6. The molecule has 0 spiro atoms. The van der Waals surface area contributed by atoms with Crippen LogP contribution in [0.1, 0.15) is 47.0 Å². The topological polar surface area (TPSA) is 90.4 Å². The van der Waals surface area contributed by atoms with E-state index in [1.165, 1.54) is 0 Å². The predicted molar refractivity (Wildman–Crippen MR) is 151 cm³/mol. The van der Waals surface area contributed by atoms with Crippen molar-refractivity contribution in [2.75, 3.05) is 0 Å². The molecule has 2 heterocycles. The van der Waals surface area contributed by atoms with Gasteiger partial charge in [-0.2, -0.15) is 0 Å². The molecule has 39 heavy (non-hydrogen) atoms. The molecule has 2 aromatic heterocycles. The maximum Gasteiger partial charge on any atom is 0.336 e. The summed E-state index contributed by atoms with van der Waals surface area (Å²) in [6, 6.07) is 21.8. The van der Waals surface area contributed by atoms with Crippen molar-refractivity contribution in [1.82, 2.24) is 14.9 Å². The van der Waals surface area contributed by atoms with Crippen LogP contribution in [-0.2, 0) is 13.2 Å². The lowest BCUT2D eigenvalue weighted by molar-refractivity contribution is 0.0697. The summed E-state index contributed by atoms with van der Waals surface area (Å²) in [4.78, 5) is 11.6. The Morgan fingerprint density at radius 1 is 1.00 bits per heavy atom. The number of nitrogens with zero attached hydrogens (tertiary/aromatic N) is 3. The molecule has 0 saturated heterocycles. The van der Waals surface area contributed by atoms with E-state index in [1.54, 1.807) is 47.1 Å². The van der Waals surface area contributed by atoms with Crippen LogP contribution in [0.3, 0.4) is 0 Å². The molecule has 0 aliphatic heterocycles. The predicted octanol–water partition coefficient (Wildman–Crippen LogP) is 7.96. The molecule has 0 aliphatic carbocycles. The van der Waals surface area contributed by atoms with E-state index in [4.69, 9.17) is 32.5 Å². The zero-order valence-electron chi connectivity index (χ0n) is 21.3. The van der Waals surface area contributed by atoms with Crippen molar-refractivity contribution in [2.45, 2.75) is 32.9 Å². The summed E-state index contributed by atoms with van der Waals surface area (Å²) in [5.74, 6) is 0.278. The van der Waals surface area contributed by atoms with Crippen molar-refractivity contribution in [3.05, 3.63) is 111 Å². The Labute approximate surface area is 235 Å². The third-order valence-electron chi connectivity index (χ3n) is 6.29. The summed E-state index contributed by atoms with van der Waals surface area (Å²) in [6.07, 6.45) is 1.84. The summed E-state index contributed by atoms with van der Waals surface area (Å²) in [5, 5.41) is 19.3. The molecule has 7 nitrogen and oxygen atoms in total. The number of aromatic nitrogens is 3. The van der Waals surface area contributed by atoms with E-state index in [1.807, 2.05) is 50.4 Å². The molecule has 198 valence electrons. The first-order valence-electron chi connectivity index (χ1n) is 12.3. The second kappa shape index (κ2) is 11.4. The van der Waals surface area contributed by atoms with Crippen LogP contribution in [0.15, 0.2) is 83.5 Å². The minimum absolute atomic E-state index is 0.0779. The Bertz CT molecular complexity index is 1600. The second-order valence-electron chi connectivity index (χ2n) is 9.31. The third kappa shape index (κ3) is 5.70. The molecule has 0 unspecified atom stereocenters. The van der Waals surface area contributed by atoms with Crippen LogP contribution in [0.4, 0.5) is 0 Å². The first-order chi connectivity index (χ1) is 18.8. The van der Waals surface area contributed by atoms with Crippen molar-refractivity contribution in [1.29, 1.82) is 0 Å². The SMILES string of the molecule is CC(C)c1onc(-c2c(Cl)cccc2Cl)c1COc1ccn(Cc2ccc(-c3ccccc3C(=O)O)cc2)n1. The number of rotatable bonds is 9. The fourth-order valence-corrected chi connectivity index (χ4v) is 4.96. The quantitative estimate of drug-likeness (QED) is 0.196. The van der Waals surface area contributed by atoms with Gasteiger partial charge in [-0.15, -0.1) is 5.10 Å². The van der Waals surface area contributed by atoms with E-state index >= 15 is 0 Å². The minimum atomic E-state index is -0.951. The number of carbonyl (C=O) groups is 1. The molecule has 0 atom stereocenters. The number of carboxylic acids is 1. The van der Waals surface area contributed by atoms with Crippen LogP contribution in [0.25, 0.3) is 22.4 Å². The first kappa shape index (κ1) is 26.5. The minimum Gasteiger partial charge on any atom is -0.478 e. The number of hydrogen-bond donors (Lipinski definition) is 1. The zero-order valence-corrected chi connectivity index (χ0v) is 22.8. The largest absolute Gasteiger partial charge is 0.478 e. The standard InChI is InChI=1S/C30H25Cl2N3O4/c1-18(2)29-23(28(34-39-29)27-24(31)8-5-9-25(27)32)17-38-26-14-15-35(33-26)16-19-10-12-20(13-11-19)21-6-3-4-7-22(21)30(36)37/h3-15,18H,16-17H2,1-2H3,(H,36,37). The average molecular weight is 562 g/mol. The Kier molecular flexibility index (Phi) is 7.72. The van der Waals surface area contributed by atoms with Gasteiger partial charge in [0.2, 0.25) is 5.88 Å². The summed E-state index contributed by atoms with van der Waals surface area (Å²) in [7, 11) is 0. The Balaban J connectivity index is 1.31. The lowest BCUT2D eigenvalue weighted by atomic mass is 9.99. The highest BCUT2D eigenvalue weighted by molar-refractivity contribution is 6.39. The van der Waals surface area contributed by atoms with Crippen LogP contribution in [0.2, 0.25) is 10.0 Å². The highest BCUT2D eigenvalue weighted by atomic mass is 35.5. The third-order valence-corrected chi connectivity index (χ3v) is 6.92. The molecule has 0 amide bonds. The number of ether oxygens (including phenoxy) is 1. The van der Waals surface area contributed by atoms with Gasteiger partial charge in [-0.1, -0.05) is 90.7 Å². The fourth-order valence-electron chi connectivity index (χ4n) is 4.39. The monoisotopic (exact) mass is 561 g/mol. The van der Waals surface area contributed by atoms with Crippen LogP contribution >= 0.6 is 23.2 Å². The number of halogens is 2. The van der Waals surface area contributed by atoms with Gasteiger partial charge in [0, 0.05) is 23.7 Å². The molecule has 5 aromatic rings. The van der Waals surface area contributed by atoms with Crippen LogP contribution in [0, 0.1) is 0 Å². The van der Waals surface area contributed by atoms with Crippen LogP contribution < -0.4 is 4.74 Å². The molecule has 0 aliphatic rings. The van der Waals surface area contributed by atoms with Crippen molar-refractivity contribution >= 4 is 29.2 Å². The second-order valence-corrected chi connectivity index (χ2v) is 10.1. The lowest BCUT2D eigenvalue weighted by Crippen LogP contribution is -2.04. The molecule has 1 N–H and O–H groups in total. The van der Waals surface area contributed by atoms with E-state index in [9.17, 15) is 9.90 Å². The molecule has 9 heteroatoms. The highest BCUT2D eigenvalue weighted by Crippen LogP contribution is 2.38. The number of benzene rings is 3. The molecule has 3 aromatic carbocycles. The van der Waals surface area contributed by atoms with Crippen molar-refractivity contribution in [2.24, 2.45) is 0 Å². The summed E-state index contributed by atoms with van der Waals surface area (Å²) >= 11 is 12.9. The number of aromatic carboxylic acids is 1. The first-order valence-corrected chi connectivity index (χ1v) is 13.1. The van der Waals surface area contributed by atoms with Gasteiger partial charge >= 0.3 is 5.97 Å². The van der Waals surface area contributed by atoms with E-state index in [0.29, 0.717) is 45.1 Å². The summed E-state index contributed by atoms with van der Waals surface area (Å²) in [6.45, 7) is 4.74. The summed E-state index contributed by atoms with van der Waals surface area (Å²) < 4.78 is 13.5. The highest BCUT2D eigenvalue weighted by Gasteiger charge is 2.24. The fraction of sp³-hybridized carbons (Fsp3) is 0.167. The van der Waals surface area contributed by atoms with Crippen LogP contribution in [-0.4, -0.2) is 26.0 Å². The van der Waals surface area contributed by atoms with E-state index in [2.05, 4.69) is 10.3 Å². The van der Waals surface area contributed by atoms with Crippen molar-refractivity contribution in [3.8, 4) is 28.3 Å². The van der Waals surface area contributed by atoms with Gasteiger partial charge in [0.15, 0.2) is 0 Å². The van der Waals surface area contributed by atoms with Gasteiger partial charge < -0.3 is 14.4 Å². The Morgan fingerprint density at radius 3 is 2.41 bits per heavy atom. The molecular formula is C30H25Cl2N3O4. The molecule has 0 saturated carbocycles. The molecule has 5 rings (SSSR count).